The first kappa shape index (κ1) is 12.8. The van der Waals surface area contributed by atoms with E-state index in [1.165, 1.54) is 16.4 Å². The minimum Gasteiger partial charge on any atom is -0.372 e. The molecule has 1 atom stereocenters. The average molecular weight is 316 g/mol. The topological polar surface area (TPSA) is 9.23 Å². The van der Waals surface area contributed by atoms with E-state index in [-0.39, 0.29) is 0 Å². The van der Waals surface area contributed by atoms with Crippen LogP contribution >= 0.6 is 22.6 Å². The zero-order valence-electron chi connectivity index (χ0n) is 9.18. The molecule has 1 aliphatic carbocycles. The van der Waals surface area contributed by atoms with Crippen LogP contribution in [0.3, 0.4) is 0 Å². The van der Waals surface area contributed by atoms with Crippen molar-refractivity contribution in [3.8, 4) is 11.8 Å². The average Bonchev–Trinajstić information content (AvgIpc) is 2.20. The second-order valence-electron chi connectivity index (χ2n) is 3.71. The third-order valence-corrected chi connectivity index (χ3v) is 3.30. The molecule has 82 valence electrons. The van der Waals surface area contributed by atoms with Crippen molar-refractivity contribution < 1.29 is 4.74 Å². The molecule has 0 radical (unpaired) electrons. The molecule has 1 rings (SSSR count). The van der Waals surface area contributed by atoms with Crippen molar-refractivity contribution in [1.29, 1.82) is 0 Å². The molecular weight excluding hydrogens is 299 g/mol. The fourth-order valence-corrected chi connectivity index (χ4v) is 2.24. The Hall–Kier alpha value is -0.270. The van der Waals surface area contributed by atoms with E-state index in [9.17, 15) is 0 Å². The SMILES string of the molecule is C=C(C)C#CCCOC1CCCC=C1I. The van der Waals surface area contributed by atoms with Gasteiger partial charge in [-0.15, -0.1) is 0 Å². The van der Waals surface area contributed by atoms with Gasteiger partial charge in [0.05, 0.1) is 12.7 Å². The molecule has 1 aliphatic rings. The Morgan fingerprint density at radius 3 is 3.20 bits per heavy atom. The highest BCUT2D eigenvalue weighted by atomic mass is 127. The molecule has 1 nitrogen and oxygen atoms in total. The van der Waals surface area contributed by atoms with Crippen molar-refractivity contribution in [2.24, 2.45) is 0 Å². The molecule has 0 fully saturated rings. The van der Waals surface area contributed by atoms with Gasteiger partial charge in [-0.25, -0.2) is 0 Å². The van der Waals surface area contributed by atoms with E-state index in [2.05, 4.69) is 47.1 Å². The lowest BCUT2D eigenvalue weighted by atomic mass is 10.1. The van der Waals surface area contributed by atoms with Crippen molar-refractivity contribution in [3.05, 3.63) is 21.8 Å². The van der Waals surface area contributed by atoms with Crippen LogP contribution in [0, 0.1) is 11.8 Å². The summed E-state index contributed by atoms with van der Waals surface area (Å²) in [4.78, 5) is 0. The van der Waals surface area contributed by atoms with Crippen molar-refractivity contribution in [3.63, 3.8) is 0 Å². The fourth-order valence-electron chi connectivity index (χ4n) is 1.44. The monoisotopic (exact) mass is 316 g/mol. The van der Waals surface area contributed by atoms with Crippen LogP contribution in [0.5, 0.6) is 0 Å². The molecule has 0 heterocycles. The maximum atomic E-state index is 5.77. The van der Waals surface area contributed by atoms with Crippen molar-refractivity contribution >= 4 is 22.6 Å². The molecule has 15 heavy (non-hydrogen) atoms. The van der Waals surface area contributed by atoms with E-state index in [1.54, 1.807) is 0 Å². The van der Waals surface area contributed by atoms with Crippen LogP contribution in [-0.2, 0) is 4.74 Å². The number of ether oxygens (including phenoxy) is 1. The lowest BCUT2D eigenvalue weighted by Gasteiger charge is -2.20. The minimum absolute atomic E-state index is 0.325. The molecule has 0 aromatic carbocycles. The van der Waals surface area contributed by atoms with Gasteiger partial charge in [0.2, 0.25) is 0 Å². The molecule has 0 amide bonds. The first-order valence-corrected chi connectivity index (χ1v) is 6.39. The van der Waals surface area contributed by atoms with Gasteiger partial charge in [-0.2, -0.15) is 0 Å². The summed E-state index contributed by atoms with van der Waals surface area (Å²) in [5, 5.41) is 0. The predicted molar refractivity (Wildman–Crippen MR) is 72.9 cm³/mol. The van der Waals surface area contributed by atoms with Gasteiger partial charge in [0, 0.05) is 10.0 Å². The van der Waals surface area contributed by atoms with Crippen LogP contribution < -0.4 is 0 Å². The summed E-state index contributed by atoms with van der Waals surface area (Å²) in [6, 6.07) is 0. The van der Waals surface area contributed by atoms with Gasteiger partial charge in [-0.1, -0.05) is 24.5 Å². The fraction of sp³-hybridized carbons (Fsp3) is 0.538. The summed E-state index contributed by atoms with van der Waals surface area (Å²) in [6.07, 6.45) is 7.00. The van der Waals surface area contributed by atoms with E-state index < -0.39 is 0 Å². The van der Waals surface area contributed by atoms with Gasteiger partial charge in [-0.05, 0) is 54.4 Å². The Balaban J connectivity index is 2.21. The molecular formula is C13H17IO. The van der Waals surface area contributed by atoms with E-state index in [0.29, 0.717) is 6.10 Å². The van der Waals surface area contributed by atoms with Gasteiger partial charge >= 0.3 is 0 Å². The summed E-state index contributed by atoms with van der Waals surface area (Å²) in [7, 11) is 0. The number of halogens is 1. The smallest absolute Gasteiger partial charge is 0.0878 e. The lowest BCUT2D eigenvalue weighted by molar-refractivity contribution is 0.0785. The Morgan fingerprint density at radius 1 is 1.73 bits per heavy atom. The zero-order chi connectivity index (χ0) is 11.1. The van der Waals surface area contributed by atoms with Gasteiger partial charge in [-0.3, -0.25) is 0 Å². The van der Waals surface area contributed by atoms with Gasteiger partial charge < -0.3 is 4.74 Å². The third-order valence-electron chi connectivity index (χ3n) is 2.17. The van der Waals surface area contributed by atoms with Crippen molar-refractivity contribution in [2.45, 2.75) is 38.7 Å². The van der Waals surface area contributed by atoms with Crippen LogP contribution in [0.25, 0.3) is 0 Å². The summed E-state index contributed by atoms with van der Waals surface area (Å²) in [5.41, 5.74) is 0.919. The lowest BCUT2D eigenvalue weighted by Crippen LogP contribution is -2.16. The molecule has 0 saturated carbocycles. The molecule has 1 unspecified atom stereocenters. The Bertz CT molecular complexity index is 306. The molecule has 0 N–H and O–H groups in total. The molecule has 0 spiro atoms. The summed E-state index contributed by atoms with van der Waals surface area (Å²) in [6.45, 7) is 6.37. The first-order valence-electron chi connectivity index (χ1n) is 5.31. The van der Waals surface area contributed by atoms with Crippen molar-refractivity contribution in [2.75, 3.05) is 6.61 Å². The molecule has 0 aromatic heterocycles. The molecule has 0 aliphatic heterocycles. The van der Waals surface area contributed by atoms with Crippen molar-refractivity contribution in [1.82, 2.24) is 0 Å². The Morgan fingerprint density at radius 2 is 2.53 bits per heavy atom. The quantitative estimate of drug-likeness (QED) is 0.437. The van der Waals surface area contributed by atoms with Crippen LogP contribution in [0.15, 0.2) is 21.8 Å². The predicted octanol–water partition coefficient (Wildman–Crippen LogP) is 3.84. The van der Waals surface area contributed by atoms with E-state index in [4.69, 9.17) is 4.74 Å². The van der Waals surface area contributed by atoms with Crippen LogP contribution in [-0.4, -0.2) is 12.7 Å². The minimum atomic E-state index is 0.325. The second kappa shape index (κ2) is 7.08. The number of allylic oxidation sites excluding steroid dienone is 2. The van der Waals surface area contributed by atoms with Gasteiger partial charge in [0.25, 0.3) is 0 Å². The standard InChI is InChI=1S/C13H17IO/c1-11(2)7-5-6-10-15-13-9-4-3-8-12(13)14/h8,13H,1,3-4,6,9-10H2,2H3. The molecule has 0 saturated heterocycles. The van der Waals surface area contributed by atoms with E-state index in [0.717, 1.165) is 25.0 Å². The van der Waals surface area contributed by atoms with Gasteiger partial charge in [0.15, 0.2) is 0 Å². The second-order valence-corrected chi connectivity index (χ2v) is 4.96. The maximum Gasteiger partial charge on any atom is 0.0878 e. The third kappa shape index (κ3) is 5.39. The number of rotatable bonds is 3. The molecule has 0 bridgehead atoms. The molecule has 0 aromatic rings. The number of hydrogen-bond donors (Lipinski definition) is 0. The summed E-state index contributed by atoms with van der Waals surface area (Å²) >= 11 is 2.38. The number of hydrogen-bond acceptors (Lipinski definition) is 1. The largest absolute Gasteiger partial charge is 0.372 e. The highest BCUT2D eigenvalue weighted by Gasteiger charge is 2.15. The summed E-state index contributed by atoms with van der Waals surface area (Å²) < 4.78 is 7.12. The maximum absolute atomic E-state index is 5.77. The van der Waals surface area contributed by atoms with Crippen LogP contribution in [0.2, 0.25) is 0 Å². The highest BCUT2D eigenvalue weighted by molar-refractivity contribution is 14.1. The van der Waals surface area contributed by atoms with Gasteiger partial charge in [0.1, 0.15) is 0 Å². The Labute approximate surface area is 106 Å². The first-order chi connectivity index (χ1) is 7.20. The zero-order valence-corrected chi connectivity index (χ0v) is 11.3. The van der Waals surface area contributed by atoms with Crippen LogP contribution in [0.1, 0.15) is 32.6 Å². The van der Waals surface area contributed by atoms with E-state index >= 15 is 0 Å². The normalized spacial score (nSPS) is 20.1. The summed E-state index contributed by atoms with van der Waals surface area (Å²) in [5.74, 6) is 6.00. The highest BCUT2D eigenvalue weighted by Crippen LogP contribution is 2.26. The Kier molecular flexibility index (Phi) is 6.04. The van der Waals surface area contributed by atoms with Crippen LogP contribution in [0.4, 0.5) is 0 Å². The van der Waals surface area contributed by atoms with E-state index in [1.807, 2.05) is 6.92 Å². The molecule has 2 heteroatoms.